The van der Waals surface area contributed by atoms with Crippen LogP contribution in [0, 0.1) is 0 Å². The number of rotatable bonds is 5. The molecule has 1 aliphatic rings. The highest BCUT2D eigenvalue weighted by Crippen LogP contribution is 2.17. The molecule has 1 aromatic rings. The highest BCUT2D eigenvalue weighted by atomic mass is 16.2. The van der Waals surface area contributed by atoms with Crippen LogP contribution in [0.2, 0.25) is 0 Å². The van der Waals surface area contributed by atoms with E-state index < -0.39 is 0 Å². The molecule has 114 valence electrons. The van der Waals surface area contributed by atoms with E-state index in [9.17, 15) is 9.59 Å². The predicted octanol–water partition coefficient (Wildman–Crippen LogP) is 2.13. The van der Waals surface area contributed by atoms with Crippen molar-refractivity contribution in [3.05, 3.63) is 35.9 Å². The summed E-state index contributed by atoms with van der Waals surface area (Å²) in [5.74, 6) is -0.0205. The zero-order valence-electron chi connectivity index (χ0n) is 12.8. The lowest BCUT2D eigenvalue weighted by Crippen LogP contribution is -2.47. The van der Waals surface area contributed by atoms with E-state index in [1.54, 1.807) is 4.90 Å². The number of nitrogens with zero attached hydrogens (tertiary/aromatic N) is 1. The lowest BCUT2D eigenvalue weighted by Gasteiger charge is -2.24. The number of likely N-dealkylation sites (tertiary alicyclic amines) is 1. The molecule has 1 aliphatic heterocycles. The molecule has 1 N–H and O–H groups in total. The van der Waals surface area contributed by atoms with Gasteiger partial charge in [0, 0.05) is 19.5 Å². The second kappa shape index (κ2) is 7.25. The van der Waals surface area contributed by atoms with Crippen molar-refractivity contribution in [1.29, 1.82) is 0 Å². The van der Waals surface area contributed by atoms with Gasteiger partial charge in [-0.2, -0.15) is 0 Å². The second-order valence-corrected chi connectivity index (χ2v) is 5.80. The van der Waals surface area contributed by atoms with Gasteiger partial charge in [0.25, 0.3) is 0 Å². The Hall–Kier alpha value is -1.84. The van der Waals surface area contributed by atoms with Gasteiger partial charge in [-0.3, -0.25) is 9.59 Å². The summed E-state index contributed by atoms with van der Waals surface area (Å²) >= 11 is 0. The summed E-state index contributed by atoms with van der Waals surface area (Å²) in [6.07, 6.45) is 3.54. The lowest BCUT2D eigenvalue weighted by molar-refractivity contribution is -0.137. The highest BCUT2D eigenvalue weighted by molar-refractivity contribution is 5.87. The predicted molar refractivity (Wildman–Crippen MR) is 82.8 cm³/mol. The topological polar surface area (TPSA) is 49.4 Å². The van der Waals surface area contributed by atoms with Crippen molar-refractivity contribution in [2.75, 3.05) is 6.54 Å². The zero-order chi connectivity index (χ0) is 15.2. The molecule has 1 heterocycles. The lowest BCUT2D eigenvalue weighted by atomic mass is 10.1. The smallest absolute Gasteiger partial charge is 0.243 e. The van der Waals surface area contributed by atoms with E-state index in [0.717, 1.165) is 25.7 Å². The van der Waals surface area contributed by atoms with E-state index in [1.807, 2.05) is 25.1 Å². The first kappa shape index (κ1) is 15.5. The van der Waals surface area contributed by atoms with Crippen LogP contribution in [0.5, 0.6) is 0 Å². The Labute approximate surface area is 126 Å². The molecule has 2 rings (SSSR count). The van der Waals surface area contributed by atoms with Gasteiger partial charge in [-0.15, -0.1) is 0 Å². The van der Waals surface area contributed by atoms with Crippen molar-refractivity contribution < 1.29 is 9.59 Å². The van der Waals surface area contributed by atoms with Gasteiger partial charge < -0.3 is 10.2 Å². The molecule has 2 atom stereocenters. The van der Waals surface area contributed by atoms with Crippen LogP contribution in [-0.2, 0) is 16.0 Å². The number of amides is 2. The Kier molecular flexibility index (Phi) is 5.37. The van der Waals surface area contributed by atoms with Gasteiger partial charge in [0.15, 0.2) is 0 Å². The Balaban J connectivity index is 1.80. The number of carbonyl (C=O) groups is 2. The summed E-state index contributed by atoms with van der Waals surface area (Å²) < 4.78 is 0. The summed E-state index contributed by atoms with van der Waals surface area (Å²) in [5, 5.41) is 3.04. The maximum Gasteiger partial charge on any atom is 0.243 e. The molecule has 21 heavy (non-hydrogen) atoms. The van der Waals surface area contributed by atoms with Crippen LogP contribution < -0.4 is 5.32 Å². The second-order valence-electron chi connectivity index (χ2n) is 5.80. The zero-order valence-corrected chi connectivity index (χ0v) is 12.8. The fourth-order valence-electron chi connectivity index (χ4n) is 2.86. The molecule has 0 aliphatic carbocycles. The molecule has 0 aromatic heterocycles. The molecule has 0 saturated carbocycles. The first-order valence-corrected chi connectivity index (χ1v) is 7.69. The summed E-state index contributed by atoms with van der Waals surface area (Å²) in [6, 6.07) is 10.1. The van der Waals surface area contributed by atoms with Crippen molar-refractivity contribution >= 4 is 11.8 Å². The van der Waals surface area contributed by atoms with Crippen molar-refractivity contribution in [2.45, 2.75) is 51.6 Å². The van der Waals surface area contributed by atoms with Gasteiger partial charge in [-0.25, -0.2) is 0 Å². The Morgan fingerprint density at radius 2 is 2.05 bits per heavy atom. The van der Waals surface area contributed by atoms with Gasteiger partial charge in [-0.05, 0) is 38.2 Å². The van der Waals surface area contributed by atoms with Crippen LogP contribution in [0.15, 0.2) is 30.3 Å². The van der Waals surface area contributed by atoms with Crippen LogP contribution in [0.3, 0.4) is 0 Å². The standard InChI is InChI=1S/C17H24N2O2/c1-13(10-11-15-7-4-3-5-8-15)18-17(21)16-9-6-12-19(16)14(2)20/h3-5,7-8,13,16H,6,9-12H2,1-2H3,(H,18,21)/t13-,16+/m0/s1. The van der Waals surface area contributed by atoms with E-state index in [4.69, 9.17) is 0 Å². The molecule has 0 unspecified atom stereocenters. The number of benzene rings is 1. The first-order chi connectivity index (χ1) is 10.1. The van der Waals surface area contributed by atoms with E-state index in [0.29, 0.717) is 6.54 Å². The van der Waals surface area contributed by atoms with Gasteiger partial charge in [0.05, 0.1) is 0 Å². The molecule has 0 bridgehead atoms. The summed E-state index contributed by atoms with van der Waals surface area (Å²) in [5.41, 5.74) is 1.28. The number of aryl methyl sites for hydroxylation is 1. The minimum Gasteiger partial charge on any atom is -0.352 e. The third-order valence-electron chi connectivity index (χ3n) is 4.06. The molecular weight excluding hydrogens is 264 g/mol. The number of hydrogen-bond acceptors (Lipinski definition) is 2. The van der Waals surface area contributed by atoms with E-state index in [1.165, 1.54) is 12.5 Å². The van der Waals surface area contributed by atoms with Crippen LogP contribution in [0.25, 0.3) is 0 Å². The van der Waals surface area contributed by atoms with E-state index in [2.05, 4.69) is 17.4 Å². The van der Waals surface area contributed by atoms with Crippen LogP contribution in [0.1, 0.15) is 38.7 Å². The summed E-state index contributed by atoms with van der Waals surface area (Å²) in [4.78, 5) is 25.5. The number of carbonyl (C=O) groups excluding carboxylic acids is 2. The monoisotopic (exact) mass is 288 g/mol. The van der Waals surface area contributed by atoms with Crippen molar-refractivity contribution in [2.24, 2.45) is 0 Å². The van der Waals surface area contributed by atoms with Crippen molar-refractivity contribution in [1.82, 2.24) is 10.2 Å². The van der Waals surface area contributed by atoms with E-state index >= 15 is 0 Å². The SMILES string of the molecule is CC(=O)N1CCC[C@@H]1C(=O)N[C@@H](C)CCc1ccccc1. The Morgan fingerprint density at radius 3 is 2.71 bits per heavy atom. The van der Waals surface area contributed by atoms with Gasteiger partial charge in [-0.1, -0.05) is 30.3 Å². The normalized spacial score (nSPS) is 19.3. The van der Waals surface area contributed by atoms with Crippen molar-refractivity contribution in [3.8, 4) is 0 Å². The van der Waals surface area contributed by atoms with Crippen molar-refractivity contribution in [3.63, 3.8) is 0 Å². The average molecular weight is 288 g/mol. The fourth-order valence-corrected chi connectivity index (χ4v) is 2.86. The molecule has 1 saturated heterocycles. The highest BCUT2D eigenvalue weighted by Gasteiger charge is 2.32. The van der Waals surface area contributed by atoms with Crippen LogP contribution in [-0.4, -0.2) is 35.3 Å². The molecule has 4 nitrogen and oxygen atoms in total. The average Bonchev–Trinajstić information content (AvgIpc) is 2.96. The molecule has 1 fully saturated rings. The quantitative estimate of drug-likeness (QED) is 0.902. The third-order valence-corrected chi connectivity index (χ3v) is 4.06. The Morgan fingerprint density at radius 1 is 1.33 bits per heavy atom. The summed E-state index contributed by atoms with van der Waals surface area (Å²) in [6.45, 7) is 4.25. The molecule has 0 radical (unpaired) electrons. The van der Waals surface area contributed by atoms with E-state index in [-0.39, 0.29) is 23.9 Å². The van der Waals surface area contributed by atoms with Gasteiger partial charge >= 0.3 is 0 Å². The van der Waals surface area contributed by atoms with Crippen LogP contribution >= 0.6 is 0 Å². The van der Waals surface area contributed by atoms with Gasteiger partial charge in [0.2, 0.25) is 11.8 Å². The molecule has 4 heteroatoms. The molecular formula is C17H24N2O2. The molecule has 0 spiro atoms. The Bertz CT molecular complexity index is 487. The number of nitrogens with one attached hydrogen (secondary N) is 1. The minimum atomic E-state index is -0.276. The molecule has 2 amide bonds. The molecule has 1 aromatic carbocycles. The summed E-state index contributed by atoms with van der Waals surface area (Å²) in [7, 11) is 0. The number of hydrogen-bond donors (Lipinski definition) is 1. The largest absolute Gasteiger partial charge is 0.352 e. The first-order valence-electron chi connectivity index (χ1n) is 7.69. The minimum absolute atomic E-state index is 0.00964. The fraction of sp³-hybridized carbons (Fsp3) is 0.529. The van der Waals surface area contributed by atoms with Gasteiger partial charge in [0.1, 0.15) is 6.04 Å². The van der Waals surface area contributed by atoms with Crippen LogP contribution in [0.4, 0.5) is 0 Å². The third kappa shape index (κ3) is 4.31. The maximum absolute atomic E-state index is 12.3. The maximum atomic E-state index is 12.3.